The fraction of sp³-hybridized carbons (Fsp3) is 0.130. The lowest BCUT2D eigenvalue weighted by Crippen LogP contribution is -2.33. The molecule has 0 fully saturated rings. The normalized spacial score (nSPS) is 13.5. The number of hydrogen-bond acceptors (Lipinski definition) is 3. The van der Waals surface area contributed by atoms with Crippen molar-refractivity contribution < 1.29 is 16.4 Å². The first-order valence-electron chi connectivity index (χ1n) is 9.82. The minimum Gasteiger partial charge on any atom is -0.309 e. The molecule has 3 aromatic rings. The fourth-order valence-corrected chi connectivity index (χ4v) is 8.20. The van der Waals surface area contributed by atoms with E-state index in [-0.39, 0.29) is 5.31 Å². The smallest absolute Gasteiger partial charge is 0.309 e. The largest absolute Gasteiger partial charge is 0.359 e. The maximum Gasteiger partial charge on any atom is 0.359 e. The highest BCUT2D eigenvalue weighted by molar-refractivity contribution is 7.96. The molecule has 3 aromatic carbocycles. The van der Waals surface area contributed by atoms with E-state index >= 15 is 0 Å². The molecule has 0 unspecified atom stereocenters. The van der Waals surface area contributed by atoms with Crippen molar-refractivity contribution >= 4 is 30.8 Å². The van der Waals surface area contributed by atoms with Gasteiger partial charge in [0.05, 0.1) is 8.06 Å². The number of allylic oxidation sites excluding steroid dienone is 1. The molecule has 0 aliphatic carbocycles. The van der Waals surface area contributed by atoms with E-state index < -0.39 is 21.0 Å². The fourth-order valence-electron chi connectivity index (χ4n) is 3.15. The predicted octanol–water partition coefficient (Wildman–Crippen LogP) is 4.98. The molecule has 0 amide bonds. The van der Waals surface area contributed by atoms with Crippen LogP contribution in [0.3, 0.4) is 0 Å². The molecule has 0 saturated carbocycles. The summed E-state index contributed by atoms with van der Waals surface area (Å²) in [6.07, 6.45) is -2.13. The Morgan fingerprint density at radius 1 is 0.821 bits per heavy atom. The van der Waals surface area contributed by atoms with Crippen molar-refractivity contribution in [1.29, 1.82) is 0 Å². The SMILES string of the molecule is [2H]C([2H])(C(=C)P(=O)(OC)OC)[P+](c1ccccc1)(c1ccccc1)c1ccccc1. The van der Waals surface area contributed by atoms with Crippen molar-refractivity contribution in [2.75, 3.05) is 20.3 Å². The van der Waals surface area contributed by atoms with Crippen LogP contribution in [-0.4, -0.2) is 20.3 Å². The second kappa shape index (κ2) is 8.99. The Labute approximate surface area is 170 Å². The molecule has 0 atom stereocenters. The van der Waals surface area contributed by atoms with Gasteiger partial charge in [-0.3, -0.25) is 4.57 Å². The maximum atomic E-state index is 13.3. The molecule has 144 valence electrons. The predicted molar refractivity (Wildman–Crippen MR) is 121 cm³/mol. The zero-order valence-electron chi connectivity index (χ0n) is 18.0. The van der Waals surface area contributed by atoms with E-state index in [9.17, 15) is 7.31 Å². The van der Waals surface area contributed by atoms with Crippen molar-refractivity contribution in [3.05, 3.63) is 103 Å². The Hall–Kier alpha value is -2.02. The molecule has 5 heteroatoms. The summed E-state index contributed by atoms with van der Waals surface area (Å²) in [7, 11) is -4.43. The lowest BCUT2D eigenvalue weighted by atomic mass is 10.4. The van der Waals surface area contributed by atoms with Gasteiger partial charge in [-0.25, -0.2) is 0 Å². The Balaban J connectivity index is 2.46. The second-order valence-electron chi connectivity index (χ2n) is 6.10. The van der Waals surface area contributed by atoms with Gasteiger partial charge in [-0.1, -0.05) is 61.2 Å². The number of rotatable bonds is 8. The lowest BCUT2D eigenvalue weighted by Gasteiger charge is -2.29. The van der Waals surface area contributed by atoms with Crippen LogP contribution in [0, 0.1) is 0 Å². The van der Waals surface area contributed by atoms with E-state index in [0.717, 1.165) is 15.9 Å². The zero-order chi connectivity index (χ0) is 21.8. The Kier molecular flexibility index (Phi) is 5.79. The van der Waals surface area contributed by atoms with E-state index in [4.69, 9.17) is 9.05 Å². The summed E-state index contributed by atoms with van der Waals surface area (Å²) in [5.74, 6) is 0. The molecule has 0 radical (unpaired) electrons. The molecular formula is C23H25O3P2+. The van der Waals surface area contributed by atoms with Crippen LogP contribution in [0.5, 0.6) is 0 Å². The van der Waals surface area contributed by atoms with Gasteiger partial charge in [0.25, 0.3) is 0 Å². The van der Waals surface area contributed by atoms with Gasteiger partial charge < -0.3 is 9.05 Å². The third kappa shape index (κ3) is 3.90. The Morgan fingerprint density at radius 3 is 1.43 bits per heavy atom. The van der Waals surface area contributed by atoms with Crippen LogP contribution in [0.2, 0.25) is 0 Å². The molecule has 0 saturated heterocycles. The van der Waals surface area contributed by atoms with Gasteiger partial charge >= 0.3 is 7.60 Å². The average Bonchev–Trinajstić information content (AvgIpc) is 2.80. The van der Waals surface area contributed by atoms with Crippen molar-refractivity contribution in [1.82, 2.24) is 0 Å². The summed E-state index contributed by atoms with van der Waals surface area (Å²) in [5, 5.41) is 2.25. The van der Waals surface area contributed by atoms with Gasteiger partial charge in [-0.15, -0.1) is 0 Å². The second-order valence-corrected chi connectivity index (χ2v) is 11.5. The van der Waals surface area contributed by atoms with E-state index in [1.54, 1.807) is 0 Å². The monoisotopic (exact) mass is 413 g/mol. The first kappa shape index (κ1) is 18.0. The van der Waals surface area contributed by atoms with Crippen LogP contribution in [0.25, 0.3) is 0 Å². The summed E-state index contributed by atoms with van der Waals surface area (Å²) in [6, 6.07) is 28.5. The molecular weight excluding hydrogens is 386 g/mol. The molecule has 0 spiro atoms. The van der Waals surface area contributed by atoms with Gasteiger partial charge in [0.1, 0.15) is 29.3 Å². The van der Waals surface area contributed by atoms with Gasteiger partial charge in [0, 0.05) is 14.2 Å². The van der Waals surface area contributed by atoms with Crippen LogP contribution in [0.15, 0.2) is 103 Å². The summed E-state index contributed by atoms with van der Waals surface area (Å²) < 4.78 is 42.4. The highest BCUT2D eigenvalue weighted by atomic mass is 31.2. The quantitative estimate of drug-likeness (QED) is 0.489. The standard InChI is InChI=1S/C23H25O3P2/c1-20(28(24,25-2)26-3)19-27(21-13-7-4-8-14-21,22-15-9-5-10-16-22)23-17-11-6-12-18-23/h4-18H,1,19H2,2-3H3/q+1/i19D2. The average molecular weight is 413 g/mol. The molecule has 0 heterocycles. The van der Waals surface area contributed by atoms with Crippen LogP contribution in [0.4, 0.5) is 0 Å². The van der Waals surface area contributed by atoms with E-state index in [1.165, 1.54) is 14.2 Å². The highest BCUT2D eigenvalue weighted by Crippen LogP contribution is 2.64. The van der Waals surface area contributed by atoms with Gasteiger partial charge in [0.2, 0.25) is 0 Å². The van der Waals surface area contributed by atoms with Crippen LogP contribution < -0.4 is 15.9 Å². The first-order valence-corrected chi connectivity index (χ1v) is 12.1. The summed E-state index contributed by atoms with van der Waals surface area (Å²) in [4.78, 5) is 0. The van der Waals surface area contributed by atoms with E-state index in [1.807, 2.05) is 91.0 Å². The molecule has 0 aliphatic rings. The van der Waals surface area contributed by atoms with Crippen molar-refractivity contribution in [3.63, 3.8) is 0 Å². The molecule has 3 nitrogen and oxygen atoms in total. The molecule has 0 aliphatic heterocycles. The minimum absolute atomic E-state index is 0.190. The maximum absolute atomic E-state index is 13.3. The third-order valence-electron chi connectivity index (χ3n) is 4.54. The molecule has 28 heavy (non-hydrogen) atoms. The van der Waals surface area contributed by atoms with Gasteiger partial charge in [-0.05, 0) is 36.4 Å². The minimum atomic E-state index is -3.89. The Bertz CT molecular complexity index is 937. The lowest BCUT2D eigenvalue weighted by molar-refractivity contribution is 0.283. The molecule has 3 rings (SSSR count). The Morgan fingerprint density at radius 2 is 1.14 bits per heavy atom. The topological polar surface area (TPSA) is 35.5 Å². The van der Waals surface area contributed by atoms with E-state index in [2.05, 4.69) is 6.58 Å². The third-order valence-corrected chi connectivity index (χ3v) is 10.3. The summed E-state index contributed by atoms with van der Waals surface area (Å²) >= 11 is 0. The molecule has 0 aromatic heterocycles. The number of benzene rings is 3. The van der Waals surface area contributed by atoms with Gasteiger partial charge in [-0.2, -0.15) is 0 Å². The van der Waals surface area contributed by atoms with Crippen molar-refractivity contribution in [3.8, 4) is 0 Å². The van der Waals surface area contributed by atoms with Crippen molar-refractivity contribution in [2.45, 2.75) is 0 Å². The van der Waals surface area contributed by atoms with Crippen LogP contribution >= 0.6 is 14.9 Å². The van der Waals surface area contributed by atoms with Crippen LogP contribution in [0.1, 0.15) is 2.74 Å². The highest BCUT2D eigenvalue weighted by Gasteiger charge is 2.48. The number of hydrogen-bond donors (Lipinski definition) is 0. The molecule has 0 bridgehead atoms. The van der Waals surface area contributed by atoms with Crippen molar-refractivity contribution in [2.24, 2.45) is 0 Å². The first-order chi connectivity index (χ1) is 14.3. The summed E-state index contributed by atoms with van der Waals surface area (Å²) in [6.45, 7) is 3.92. The van der Waals surface area contributed by atoms with Crippen LogP contribution in [-0.2, 0) is 13.6 Å². The van der Waals surface area contributed by atoms with E-state index in [0.29, 0.717) is 0 Å². The molecule has 0 N–H and O–H groups in total. The summed E-state index contributed by atoms with van der Waals surface area (Å²) in [5.41, 5.74) is 0. The van der Waals surface area contributed by atoms with Gasteiger partial charge in [0.15, 0.2) is 0 Å². The zero-order valence-corrected chi connectivity index (χ0v) is 17.8.